The SMILES string of the molecule is CC1(C)OCC(COc2cccc(F)c2)O1.NC(=O)c1cnn2ccc(N3CCCC3)nc12. The maximum Gasteiger partial charge on any atom is 0.254 e. The summed E-state index contributed by atoms with van der Waals surface area (Å²) >= 11 is 0. The molecule has 1 unspecified atom stereocenters. The minimum atomic E-state index is -0.546. The summed E-state index contributed by atoms with van der Waals surface area (Å²) in [6, 6.07) is 7.97. The number of primary amides is 1. The van der Waals surface area contributed by atoms with Gasteiger partial charge >= 0.3 is 0 Å². The van der Waals surface area contributed by atoms with Crippen molar-refractivity contribution in [2.75, 3.05) is 31.2 Å². The van der Waals surface area contributed by atoms with E-state index in [1.54, 1.807) is 16.6 Å². The topological polar surface area (TPSA) is 104 Å². The number of nitrogens with zero attached hydrogens (tertiary/aromatic N) is 4. The van der Waals surface area contributed by atoms with Crippen LogP contribution >= 0.6 is 0 Å². The number of hydrogen-bond donors (Lipinski definition) is 1. The molecule has 0 aliphatic carbocycles. The second-order valence-electron chi connectivity index (χ2n) is 8.39. The number of amides is 1. The van der Waals surface area contributed by atoms with Crippen LogP contribution in [-0.4, -0.2) is 58.7 Å². The molecule has 2 fully saturated rings. The Morgan fingerprint density at radius 1 is 1.30 bits per heavy atom. The Bertz CT molecular complexity index is 1110. The first kappa shape index (κ1) is 22.9. The number of nitrogens with two attached hydrogens (primary N) is 1. The molecule has 2 aliphatic heterocycles. The monoisotopic (exact) mass is 457 g/mol. The standard InChI is InChI=1S/C12H15FO3.C11H13N5O/c1-12(2)15-8-11(16-12)7-14-10-5-3-4-9(13)6-10;12-10(17)8-7-13-16-6-3-9(14-11(8)16)15-4-1-2-5-15/h3-6,11H,7-8H2,1-2H3;3,6-7H,1-2,4-5H2,(H2,12,17). The van der Waals surface area contributed by atoms with Crippen LogP contribution < -0.4 is 15.4 Å². The average Bonchev–Trinajstić information content (AvgIpc) is 3.52. The zero-order chi connectivity index (χ0) is 23.4. The Hall–Kier alpha value is -3.24. The molecule has 176 valence electrons. The fourth-order valence-corrected chi connectivity index (χ4v) is 3.75. The highest BCUT2D eigenvalue weighted by molar-refractivity contribution is 5.98. The Morgan fingerprint density at radius 3 is 2.76 bits per heavy atom. The van der Waals surface area contributed by atoms with E-state index >= 15 is 0 Å². The van der Waals surface area contributed by atoms with Crippen LogP contribution in [0.15, 0.2) is 42.7 Å². The normalized spacial score (nSPS) is 19.4. The minimum Gasteiger partial charge on any atom is -0.491 e. The van der Waals surface area contributed by atoms with Crippen LogP contribution in [0.1, 0.15) is 37.0 Å². The van der Waals surface area contributed by atoms with E-state index in [1.807, 2.05) is 26.1 Å². The van der Waals surface area contributed by atoms with Crippen molar-refractivity contribution < 1.29 is 23.4 Å². The molecule has 2 N–H and O–H groups in total. The van der Waals surface area contributed by atoms with E-state index in [1.165, 1.54) is 31.2 Å². The van der Waals surface area contributed by atoms with Crippen LogP contribution in [0.2, 0.25) is 0 Å². The number of anilines is 1. The van der Waals surface area contributed by atoms with Crippen molar-refractivity contribution >= 4 is 17.4 Å². The summed E-state index contributed by atoms with van der Waals surface area (Å²) in [5.74, 6) is 0.0504. The summed E-state index contributed by atoms with van der Waals surface area (Å²) in [5.41, 5.74) is 6.18. The van der Waals surface area contributed by atoms with Crippen LogP contribution in [0, 0.1) is 5.82 Å². The fraction of sp³-hybridized carbons (Fsp3) is 0.435. The molecule has 10 heteroatoms. The third-order valence-electron chi connectivity index (χ3n) is 5.35. The highest BCUT2D eigenvalue weighted by Crippen LogP contribution is 2.23. The number of fused-ring (bicyclic) bond motifs is 1. The fourth-order valence-electron chi connectivity index (χ4n) is 3.75. The van der Waals surface area contributed by atoms with Crippen LogP contribution in [0.3, 0.4) is 0 Å². The first-order chi connectivity index (χ1) is 15.8. The number of halogens is 1. The van der Waals surface area contributed by atoms with Crippen LogP contribution in [-0.2, 0) is 9.47 Å². The highest BCUT2D eigenvalue weighted by Gasteiger charge is 2.32. The van der Waals surface area contributed by atoms with Crippen molar-refractivity contribution in [2.45, 2.75) is 38.6 Å². The van der Waals surface area contributed by atoms with E-state index in [-0.39, 0.29) is 11.9 Å². The quantitative estimate of drug-likeness (QED) is 0.628. The van der Waals surface area contributed by atoms with Gasteiger partial charge in [0.05, 0.1) is 12.8 Å². The summed E-state index contributed by atoms with van der Waals surface area (Å²) in [6.45, 7) is 6.62. The Morgan fingerprint density at radius 2 is 2.09 bits per heavy atom. The van der Waals surface area contributed by atoms with Gasteiger partial charge < -0.3 is 24.8 Å². The predicted molar refractivity (Wildman–Crippen MR) is 120 cm³/mol. The van der Waals surface area contributed by atoms with Crippen LogP contribution in [0.5, 0.6) is 5.75 Å². The summed E-state index contributed by atoms with van der Waals surface area (Å²) < 4.78 is 30.8. The molecule has 4 heterocycles. The van der Waals surface area contributed by atoms with Gasteiger partial charge in [0.1, 0.15) is 35.7 Å². The van der Waals surface area contributed by atoms with Crippen molar-refractivity contribution in [3.8, 4) is 5.75 Å². The van der Waals surface area contributed by atoms with Crippen molar-refractivity contribution in [3.05, 3.63) is 54.1 Å². The predicted octanol–water partition coefficient (Wildman–Crippen LogP) is 2.78. The van der Waals surface area contributed by atoms with E-state index in [0.717, 1.165) is 18.9 Å². The second-order valence-corrected chi connectivity index (χ2v) is 8.39. The van der Waals surface area contributed by atoms with Crippen molar-refractivity contribution in [1.82, 2.24) is 14.6 Å². The Labute approximate surface area is 191 Å². The molecule has 1 amide bonds. The van der Waals surface area contributed by atoms with Crippen LogP contribution in [0.25, 0.3) is 5.65 Å². The number of benzene rings is 1. The molecule has 2 saturated heterocycles. The van der Waals surface area contributed by atoms with E-state index in [0.29, 0.717) is 30.2 Å². The third kappa shape index (κ3) is 5.77. The van der Waals surface area contributed by atoms with Gasteiger partial charge in [-0.1, -0.05) is 6.07 Å². The smallest absolute Gasteiger partial charge is 0.254 e. The molecular formula is C23H28FN5O4. The lowest BCUT2D eigenvalue weighted by molar-refractivity contribution is -0.141. The molecule has 9 nitrogen and oxygen atoms in total. The van der Waals surface area contributed by atoms with Gasteiger partial charge in [0.25, 0.3) is 5.91 Å². The average molecular weight is 458 g/mol. The molecule has 5 rings (SSSR count). The summed E-state index contributed by atoms with van der Waals surface area (Å²) in [5, 5.41) is 4.04. The minimum absolute atomic E-state index is 0.0988. The molecule has 3 aromatic rings. The largest absolute Gasteiger partial charge is 0.491 e. The molecular weight excluding hydrogens is 429 g/mol. The lowest BCUT2D eigenvalue weighted by Crippen LogP contribution is -2.25. The third-order valence-corrected chi connectivity index (χ3v) is 5.35. The van der Waals surface area contributed by atoms with Gasteiger partial charge in [-0.2, -0.15) is 5.10 Å². The van der Waals surface area contributed by atoms with Gasteiger partial charge in [-0.15, -0.1) is 0 Å². The molecule has 33 heavy (non-hydrogen) atoms. The lowest BCUT2D eigenvalue weighted by atomic mass is 10.3. The first-order valence-electron chi connectivity index (χ1n) is 10.9. The summed E-state index contributed by atoms with van der Waals surface area (Å²) in [4.78, 5) is 17.9. The number of rotatable bonds is 5. The van der Waals surface area contributed by atoms with E-state index in [9.17, 15) is 9.18 Å². The maximum absolute atomic E-state index is 12.9. The zero-order valence-electron chi connectivity index (χ0n) is 18.7. The molecule has 1 aromatic carbocycles. The summed E-state index contributed by atoms with van der Waals surface area (Å²) in [7, 11) is 0. The number of carbonyl (C=O) groups is 1. The Balaban J connectivity index is 0.000000157. The van der Waals surface area contributed by atoms with Gasteiger partial charge in [-0.25, -0.2) is 13.9 Å². The maximum atomic E-state index is 12.9. The van der Waals surface area contributed by atoms with Crippen molar-refractivity contribution in [2.24, 2.45) is 5.73 Å². The van der Waals surface area contributed by atoms with E-state index in [2.05, 4.69) is 15.0 Å². The number of hydrogen-bond acceptors (Lipinski definition) is 7. The molecule has 0 spiro atoms. The molecule has 0 saturated carbocycles. The first-order valence-corrected chi connectivity index (χ1v) is 10.9. The van der Waals surface area contributed by atoms with E-state index < -0.39 is 11.7 Å². The van der Waals surface area contributed by atoms with Gasteiger partial charge in [0, 0.05) is 25.4 Å². The molecule has 0 radical (unpaired) electrons. The number of carbonyl (C=O) groups excluding carboxylic acids is 1. The lowest BCUT2D eigenvalue weighted by Gasteiger charge is -2.17. The van der Waals surface area contributed by atoms with Gasteiger partial charge in [0.15, 0.2) is 11.4 Å². The molecule has 2 aromatic heterocycles. The van der Waals surface area contributed by atoms with Gasteiger partial charge in [0.2, 0.25) is 0 Å². The number of ether oxygens (including phenoxy) is 3. The second kappa shape index (κ2) is 9.72. The molecule has 1 atom stereocenters. The van der Waals surface area contributed by atoms with E-state index in [4.69, 9.17) is 19.9 Å². The van der Waals surface area contributed by atoms with Crippen molar-refractivity contribution in [1.29, 1.82) is 0 Å². The van der Waals surface area contributed by atoms with Crippen molar-refractivity contribution in [3.63, 3.8) is 0 Å². The van der Waals surface area contributed by atoms with Gasteiger partial charge in [-0.05, 0) is 44.9 Å². The Kier molecular flexibility index (Phi) is 6.75. The summed E-state index contributed by atoms with van der Waals surface area (Å²) in [6.07, 6.45) is 5.54. The molecule has 2 aliphatic rings. The van der Waals surface area contributed by atoms with Crippen LogP contribution in [0.4, 0.5) is 10.2 Å². The zero-order valence-corrected chi connectivity index (χ0v) is 18.7. The number of aromatic nitrogens is 3. The highest BCUT2D eigenvalue weighted by atomic mass is 19.1. The molecule has 0 bridgehead atoms. The van der Waals surface area contributed by atoms with Gasteiger partial charge in [-0.3, -0.25) is 4.79 Å².